The highest BCUT2D eigenvalue weighted by Crippen LogP contribution is 2.29. The molecule has 0 bridgehead atoms. The van der Waals surface area contributed by atoms with Gasteiger partial charge < -0.3 is 4.90 Å². The second kappa shape index (κ2) is 5.12. The molecular formula is C13H22FN3. The van der Waals surface area contributed by atoms with Crippen LogP contribution in [0, 0.1) is 12.7 Å². The van der Waals surface area contributed by atoms with Crippen molar-refractivity contribution < 1.29 is 4.39 Å². The van der Waals surface area contributed by atoms with Crippen molar-refractivity contribution in [3.05, 3.63) is 35.1 Å². The summed E-state index contributed by atoms with van der Waals surface area (Å²) in [6.07, 6.45) is 0. The van der Waals surface area contributed by atoms with E-state index in [0.717, 1.165) is 5.56 Å². The van der Waals surface area contributed by atoms with Gasteiger partial charge in [-0.05, 0) is 52.1 Å². The van der Waals surface area contributed by atoms with E-state index in [-0.39, 0.29) is 17.4 Å². The van der Waals surface area contributed by atoms with E-state index in [2.05, 4.69) is 24.2 Å². The Morgan fingerprint density at radius 1 is 1.35 bits per heavy atom. The van der Waals surface area contributed by atoms with Gasteiger partial charge in [0.1, 0.15) is 5.82 Å². The number of nitrogens with two attached hydrogens (primary N) is 1. The van der Waals surface area contributed by atoms with Crippen LogP contribution >= 0.6 is 0 Å². The molecule has 0 aliphatic heterocycles. The maximum Gasteiger partial charge on any atom is 0.126 e. The third kappa shape index (κ3) is 2.83. The molecule has 3 nitrogen and oxygen atoms in total. The molecule has 0 heterocycles. The minimum absolute atomic E-state index is 0.132. The van der Waals surface area contributed by atoms with Crippen LogP contribution in [-0.4, -0.2) is 24.5 Å². The van der Waals surface area contributed by atoms with Crippen molar-refractivity contribution in [3.8, 4) is 0 Å². The van der Waals surface area contributed by atoms with Crippen LogP contribution in [0.2, 0.25) is 0 Å². The van der Waals surface area contributed by atoms with Gasteiger partial charge in [-0.15, -0.1) is 0 Å². The second-order valence-corrected chi connectivity index (χ2v) is 5.16. The van der Waals surface area contributed by atoms with Gasteiger partial charge in [-0.25, -0.2) is 4.39 Å². The number of hydrogen-bond acceptors (Lipinski definition) is 3. The number of hydrogen-bond donors (Lipinski definition) is 2. The second-order valence-electron chi connectivity index (χ2n) is 5.16. The van der Waals surface area contributed by atoms with Crippen LogP contribution in [0.4, 0.5) is 4.39 Å². The maximum absolute atomic E-state index is 13.6. The summed E-state index contributed by atoms with van der Waals surface area (Å²) in [6.45, 7) is 5.88. The zero-order chi connectivity index (χ0) is 13.2. The minimum Gasteiger partial charge on any atom is -0.302 e. The summed E-state index contributed by atoms with van der Waals surface area (Å²) < 4.78 is 13.6. The number of benzene rings is 1. The Kier molecular flexibility index (Phi) is 4.25. The fraction of sp³-hybridized carbons (Fsp3) is 0.538. The highest BCUT2D eigenvalue weighted by Gasteiger charge is 2.32. The van der Waals surface area contributed by atoms with Crippen LogP contribution in [0.5, 0.6) is 0 Å². The SMILES string of the molecule is Cc1ccc(C(NN)C(C)(C)N(C)C)cc1F. The quantitative estimate of drug-likeness (QED) is 0.623. The Morgan fingerprint density at radius 2 is 1.94 bits per heavy atom. The van der Waals surface area contributed by atoms with Crippen LogP contribution < -0.4 is 11.3 Å². The maximum atomic E-state index is 13.6. The number of nitrogens with zero attached hydrogens (tertiary/aromatic N) is 1. The van der Waals surface area contributed by atoms with Crippen molar-refractivity contribution in [2.45, 2.75) is 32.4 Å². The number of rotatable bonds is 4. The zero-order valence-corrected chi connectivity index (χ0v) is 11.2. The Labute approximate surface area is 103 Å². The van der Waals surface area contributed by atoms with E-state index in [1.165, 1.54) is 0 Å². The molecule has 0 fully saturated rings. The van der Waals surface area contributed by atoms with Crippen molar-refractivity contribution >= 4 is 0 Å². The van der Waals surface area contributed by atoms with Gasteiger partial charge in [0.2, 0.25) is 0 Å². The van der Waals surface area contributed by atoms with Crippen LogP contribution in [0.1, 0.15) is 31.0 Å². The molecule has 3 N–H and O–H groups in total. The molecule has 0 spiro atoms. The lowest BCUT2D eigenvalue weighted by Crippen LogP contribution is -2.51. The third-order valence-electron chi connectivity index (χ3n) is 3.55. The first kappa shape index (κ1) is 14.1. The van der Waals surface area contributed by atoms with Crippen molar-refractivity contribution in [1.82, 2.24) is 10.3 Å². The average molecular weight is 239 g/mol. The van der Waals surface area contributed by atoms with Gasteiger partial charge in [0, 0.05) is 5.54 Å². The lowest BCUT2D eigenvalue weighted by molar-refractivity contribution is 0.138. The predicted octanol–water partition coefficient (Wildman–Crippen LogP) is 1.98. The summed E-state index contributed by atoms with van der Waals surface area (Å²) >= 11 is 0. The first-order valence-electron chi connectivity index (χ1n) is 5.70. The van der Waals surface area contributed by atoms with Gasteiger partial charge in [0.25, 0.3) is 0 Å². The molecule has 0 saturated heterocycles. The minimum atomic E-state index is -0.212. The first-order valence-corrected chi connectivity index (χ1v) is 5.70. The summed E-state index contributed by atoms with van der Waals surface area (Å²) in [7, 11) is 3.96. The Balaban J connectivity index is 3.14. The third-order valence-corrected chi connectivity index (χ3v) is 3.55. The van der Waals surface area contributed by atoms with Gasteiger partial charge in [-0.1, -0.05) is 12.1 Å². The summed E-state index contributed by atoms with van der Waals surface area (Å²) in [5.41, 5.74) is 4.07. The predicted molar refractivity (Wildman–Crippen MR) is 69.0 cm³/mol. The Morgan fingerprint density at radius 3 is 2.35 bits per heavy atom. The molecule has 0 aliphatic rings. The number of halogens is 1. The smallest absolute Gasteiger partial charge is 0.126 e. The monoisotopic (exact) mass is 239 g/mol. The molecule has 0 aliphatic carbocycles. The van der Waals surface area contributed by atoms with Crippen LogP contribution in [-0.2, 0) is 0 Å². The fourth-order valence-corrected chi connectivity index (χ4v) is 1.75. The highest BCUT2D eigenvalue weighted by molar-refractivity contribution is 5.28. The van der Waals surface area contributed by atoms with E-state index in [9.17, 15) is 4.39 Å². The van der Waals surface area contributed by atoms with E-state index in [1.807, 2.05) is 20.2 Å². The molecule has 1 rings (SSSR count). The molecule has 0 aromatic heterocycles. The van der Waals surface area contributed by atoms with E-state index in [4.69, 9.17) is 5.84 Å². The Bertz CT molecular complexity index is 388. The zero-order valence-electron chi connectivity index (χ0n) is 11.2. The number of aryl methyl sites for hydroxylation is 1. The summed E-state index contributed by atoms with van der Waals surface area (Å²) in [4.78, 5) is 2.06. The number of hydrazine groups is 1. The molecule has 1 atom stereocenters. The average Bonchev–Trinajstić information content (AvgIpc) is 2.23. The van der Waals surface area contributed by atoms with Gasteiger partial charge in [-0.3, -0.25) is 11.3 Å². The van der Waals surface area contributed by atoms with Crippen LogP contribution in [0.15, 0.2) is 18.2 Å². The Hall–Kier alpha value is -0.970. The highest BCUT2D eigenvalue weighted by atomic mass is 19.1. The van der Waals surface area contributed by atoms with Crippen molar-refractivity contribution in [3.63, 3.8) is 0 Å². The van der Waals surface area contributed by atoms with Crippen LogP contribution in [0.25, 0.3) is 0 Å². The molecule has 1 aromatic carbocycles. The molecular weight excluding hydrogens is 217 g/mol. The lowest BCUT2D eigenvalue weighted by atomic mass is 9.87. The van der Waals surface area contributed by atoms with Crippen molar-refractivity contribution in [2.75, 3.05) is 14.1 Å². The normalized spacial score (nSPS) is 14.1. The largest absolute Gasteiger partial charge is 0.302 e. The summed E-state index contributed by atoms with van der Waals surface area (Å²) in [5, 5.41) is 0. The molecule has 17 heavy (non-hydrogen) atoms. The molecule has 96 valence electrons. The number of nitrogens with one attached hydrogen (secondary N) is 1. The van der Waals surface area contributed by atoms with E-state index >= 15 is 0 Å². The van der Waals surface area contributed by atoms with Gasteiger partial charge in [0.05, 0.1) is 6.04 Å². The van der Waals surface area contributed by atoms with E-state index in [0.29, 0.717) is 5.56 Å². The lowest BCUT2D eigenvalue weighted by Gasteiger charge is -2.40. The molecule has 1 aromatic rings. The van der Waals surface area contributed by atoms with E-state index in [1.54, 1.807) is 19.1 Å². The van der Waals surface area contributed by atoms with Gasteiger partial charge in [-0.2, -0.15) is 0 Å². The van der Waals surface area contributed by atoms with Crippen molar-refractivity contribution in [1.29, 1.82) is 0 Å². The summed E-state index contributed by atoms with van der Waals surface area (Å²) in [6, 6.07) is 5.10. The van der Waals surface area contributed by atoms with Gasteiger partial charge >= 0.3 is 0 Å². The molecule has 0 saturated carbocycles. The summed E-state index contributed by atoms with van der Waals surface area (Å²) in [5.74, 6) is 5.42. The topological polar surface area (TPSA) is 41.3 Å². The van der Waals surface area contributed by atoms with Gasteiger partial charge in [0.15, 0.2) is 0 Å². The van der Waals surface area contributed by atoms with Crippen molar-refractivity contribution in [2.24, 2.45) is 5.84 Å². The molecule has 4 heteroatoms. The first-order chi connectivity index (χ1) is 7.80. The fourth-order valence-electron chi connectivity index (χ4n) is 1.75. The standard InChI is InChI=1S/C13H22FN3/c1-9-6-7-10(8-11(9)14)12(16-15)13(2,3)17(4)5/h6-8,12,16H,15H2,1-5H3. The number of likely N-dealkylation sites (N-methyl/N-ethyl adjacent to an activating group) is 1. The van der Waals surface area contributed by atoms with Crippen LogP contribution in [0.3, 0.4) is 0 Å². The van der Waals surface area contributed by atoms with E-state index < -0.39 is 0 Å². The molecule has 0 radical (unpaired) electrons. The molecule has 1 unspecified atom stereocenters. The molecule has 0 amide bonds.